The molecule has 3 nitrogen and oxygen atoms in total. The van der Waals surface area contributed by atoms with Gasteiger partial charge in [0, 0.05) is 18.7 Å². The van der Waals surface area contributed by atoms with Gasteiger partial charge < -0.3 is 10.2 Å². The molecule has 0 spiro atoms. The summed E-state index contributed by atoms with van der Waals surface area (Å²) in [7, 11) is 1.99. The average Bonchev–Trinajstić information content (AvgIpc) is 2.47. The lowest BCUT2D eigenvalue weighted by Gasteiger charge is -2.32. The first-order valence-corrected chi connectivity index (χ1v) is 7.96. The molecule has 4 heteroatoms. The van der Waals surface area contributed by atoms with Crippen molar-refractivity contribution in [2.45, 2.75) is 39.0 Å². The molecule has 0 aromatic heterocycles. The third-order valence-corrected chi connectivity index (χ3v) is 4.39. The molecule has 124 valence electrons. The van der Waals surface area contributed by atoms with Crippen LogP contribution >= 0.6 is 12.4 Å². The van der Waals surface area contributed by atoms with Gasteiger partial charge in [0.15, 0.2) is 0 Å². The molecule has 1 heterocycles. The van der Waals surface area contributed by atoms with Crippen LogP contribution in [0.2, 0.25) is 0 Å². The number of piperidine rings is 1. The van der Waals surface area contributed by atoms with Crippen molar-refractivity contribution in [3.63, 3.8) is 0 Å². The number of hydrogen-bond acceptors (Lipinski definition) is 2. The average molecular weight is 325 g/mol. The maximum atomic E-state index is 12.5. The molecule has 2 rings (SSSR count). The van der Waals surface area contributed by atoms with Gasteiger partial charge in [0.05, 0.1) is 0 Å². The largest absolute Gasteiger partial charge is 0.339 e. The fourth-order valence-corrected chi connectivity index (χ4v) is 2.92. The van der Waals surface area contributed by atoms with Gasteiger partial charge in [-0.2, -0.15) is 0 Å². The van der Waals surface area contributed by atoms with Crippen LogP contribution < -0.4 is 5.32 Å². The van der Waals surface area contributed by atoms with Crippen molar-refractivity contribution in [2.24, 2.45) is 5.92 Å². The lowest BCUT2D eigenvalue weighted by molar-refractivity contribution is 0.0691. The highest BCUT2D eigenvalue weighted by molar-refractivity contribution is 5.94. The van der Waals surface area contributed by atoms with Gasteiger partial charge in [-0.15, -0.1) is 12.4 Å². The summed E-state index contributed by atoms with van der Waals surface area (Å²) in [5.41, 5.74) is 2.22. The number of halogens is 1. The van der Waals surface area contributed by atoms with Gasteiger partial charge in [0.1, 0.15) is 0 Å². The Bertz CT molecular complexity index is 471. The molecule has 1 fully saturated rings. The number of carbonyl (C=O) groups is 1. The van der Waals surface area contributed by atoms with E-state index in [4.69, 9.17) is 0 Å². The monoisotopic (exact) mass is 324 g/mol. The van der Waals surface area contributed by atoms with Crippen molar-refractivity contribution in [3.05, 3.63) is 35.4 Å². The molecule has 1 saturated heterocycles. The number of hydrogen-bond donors (Lipinski definition) is 1. The summed E-state index contributed by atoms with van der Waals surface area (Å²) >= 11 is 0. The van der Waals surface area contributed by atoms with Crippen LogP contribution in [-0.2, 0) is 5.41 Å². The molecule has 1 aliphatic heterocycles. The van der Waals surface area contributed by atoms with E-state index in [0.717, 1.165) is 38.0 Å². The van der Waals surface area contributed by atoms with Crippen LogP contribution in [-0.4, -0.2) is 37.5 Å². The van der Waals surface area contributed by atoms with E-state index >= 15 is 0 Å². The summed E-state index contributed by atoms with van der Waals surface area (Å²) in [5.74, 6) is 0.890. The first-order chi connectivity index (χ1) is 9.91. The van der Waals surface area contributed by atoms with Crippen molar-refractivity contribution in [3.8, 4) is 0 Å². The predicted octanol–water partition coefficient (Wildman–Crippen LogP) is 3.48. The summed E-state index contributed by atoms with van der Waals surface area (Å²) in [6, 6.07) is 8.12. The number of likely N-dealkylation sites (tertiary alicyclic amines) is 1. The standard InChI is InChI=1S/C18H28N2O.ClH/c1-18(2,3)16-7-5-15(6-8-16)17(21)20-11-9-14(10-12-20)13-19-4;/h5-8,14,19H,9-13H2,1-4H3;1H. The van der Waals surface area contributed by atoms with Crippen LogP contribution in [0.1, 0.15) is 49.5 Å². The van der Waals surface area contributed by atoms with Crippen molar-refractivity contribution in [1.29, 1.82) is 0 Å². The predicted molar refractivity (Wildman–Crippen MR) is 94.9 cm³/mol. The van der Waals surface area contributed by atoms with Crippen LogP contribution in [0.4, 0.5) is 0 Å². The Balaban J connectivity index is 0.00000242. The number of nitrogens with zero attached hydrogens (tertiary/aromatic N) is 1. The van der Waals surface area contributed by atoms with Gasteiger partial charge in [-0.3, -0.25) is 4.79 Å². The molecule has 0 aliphatic carbocycles. The minimum atomic E-state index is 0. The molecule has 1 amide bonds. The highest BCUT2D eigenvalue weighted by atomic mass is 35.5. The zero-order valence-corrected chi connectivity index (χ0v) is 15.0. The first-order valence-electron chi connectivity index (χ1n) is 7.96. The highest BCUT2D eigenvalue weighted by Crippen LogP contribution is 2.23. The number of nitrogens with one attached hydrogen (secondary N) is 1. The molecule has 1 aromatic carbocycles. The smallest absolute Gasteiger partial charge is 0.253 e. The lowest BCUT2D eigenvalue weighted by Crippen LogP contribution is -2.40. The second-order valence-corrected chi connectivity index (χ2v) is 7.12. The summed E-state index contributed by atoms with van der Waals surface area (Å²) in [6.07, 6.45) is 2.21. The van der Waals surface area contributed by atoms with Gasteiger partial charge in [-0.25, -0.2) is 0 Å². The molecule has 0 radical (unpaired) electrons. The van der Waals surface area contributed by atoms with Crippen molar-refractivity contribution < 1.29 is 4.79 Å². The topological polar surface area (TPSA) is 32.3 Å². The van der Waals surface area contributed by atoms with E-state index in [-0.39, 0.29) is 23.7 Å². The zero-order valence-electron chi connectivity index (χ0n) is 14.2. The van der Waals surface area contributed by atoms with Gasteiger partial charge in [0.25, 0.3) is 5.91 Å². The Morgan fingerprint density at radius 1 is 1.18 bits per heavy atom. The number of carbonyl (C=O) groups excluding carboxylic acids is 1. The molecule has 0 saturated carbocycles. The van der Waals surface area contributed by atoms with Crippen molar-refractivity contribution in [2.75, 3.05) is 26.7 Å². The number of rotatable bonds is 3. The number of benzene rings is 1. The van der Waals surface area contributed by atoms with Gasteiger partial charge >= 0.3 is 0 Å². The van der Waals surface area contributed by atoms with Crippen molar-refractivity contribution >= 4 is 18.3 Å². The Morgan fingerprint density at radius 2 is 1.73 bits per heavy atom. The molecule has 0 bridgehead atoms. The van der Waals surface area contributed by atoms with Crippen LogP contribution in [0, 0.1) is 5.92 Å². The summed E-state index contributed by atoms with van der Waals surface area (Å²) in [5, 5.41) is 3.23. The second kappa shape index (κ2) is 7.98. The fourth-order valence-electron chi connectivity index (χ4n) is 2.92. The lowest BCUT2D eigenvalue weighted by atomic mass is 9.86. The summed E-state index contributed by atoms with van der Waals surface area (Å²) in [4.78, 5) is 14.5. The second-order valence-electron chi connectivity index (χ2n) is 7.12. The Hall–Kier alpha value is -1.06. The quantitative estimate of drug-likeness (QED) is 0.923. The maximum absolute atomic E-state index is 12.5. The zero-order chi connectivity index (χ0) is 15.5. The molecular formula is C18H29ClN2O. The van der Waals surface area contributed by atoms with E-state index in [9.17, 15) is 4.79 Å². The molecule has 22 heavy (non-hydrogen) atoms. The Labute approximate surface area is 140 Å². The molecule has 0 atom stereocenters. The van der Waals surface area contributed by atoms with E-state index in [1.54, 1.807) is 0 Å². The van der Waals surface area contributed by atoms with Gasteiger partial charge in [0.2, 0.25) is 0 Å². The molecule has 0 unspecified atom stereocenters. The highest BCUT2D eigenvalue weighted by Gasteiger charge is 2.23. The van der Waals surface area contributed by atoms with E-state index in [1.165, 1.54) is 5.56 Å². The van der Waals surface area contributed by atoms with Crippen LogP contribution in [0.5, 0.6) is 0 Å². The first kappa shape index (κ1) is 19.0. The Kier molecular flexibility index (Phi) is 6.89. The minimum Gasteiger partial charge on any atom is -0.339 e. The number of amides is 1. The normalized spacial score (nSPS) is 16.3. The molecule has 1 aromatic rings. The van der Waals surface area contributed by atoms with Crippen LogP contribution in [0.25, 0.3) is 0 Å². The molecule has 1 aliphatic rings. The van der Waals surface area contributed by atoms with Gasteiger partial charge in [-0.1, -0.05) is 32.9 Å². The third kappa shape index (κ3) is 4.72. The van der Waals surface area contributed by atoms with Gasteiger partial charge in [-0.05, 0) is 55.5 Å². The fraction of sp³-hybridized carbons (Fsp3) is 0.611. The molecule has 1 N–H and O–H groups in total. The SMILES string of the molecule is CNCC1CCN(C(=O)c2ccc(C(C)(C)C)cc2)CC1.Cl. The van der Waals surface area contributed by atoms with E-state index in [2.05, 4.69) is 38.2 Å². The Morgan fingerprint density at radius 3 is 2.18 bits per heavy atom. The third-order valence-electron chi connectivity index (χ3n) is 4.39. The summed E-state index contributed by atoms with van der Waals surface area (Å²) < 4.78 is 0. The van der Waals surface area contributed by atoms with Crippen molar-refractivity contribution in [1.82, 2.24) is 10.2 Å². The summed E-state index contributed by atoms with van der Waals surface area (Å²) in [6.45, 7) is 9.39. The van der Waals surface area contributed by atoms with E-state index in [1.807, 2.05) is 24.1 Å². The van der Waals surface area contributed by atoms with Crippen LogP contribution in [0.15, 0.2) is 24.3 Å². The minimum absolute atomic E-state index is 0. The van der Waals surface area contributed by atoms with E-state index in [0.29, 0.717) is 5.92 Å². The van der Waals surface area contributed by atoms with Crippen LogP contribution in [0.3, 0.4) is 0 Å². The molecular weight excluding hydrogens is 296 g/mol. The maximum Gasteiger partial charge on any atom is 0.253 e. The van der Waals surface area contributed by atoms with E-state index < -0.39 is 0 Å².